The molecule has 0 aliphatic heterocycles. The summed E-state index contributed by atoms with van der Waals surface area (Å²) in [4.78, 5) is 3.34. The van der Waals surface area contributed by atoms with E-state index in [-0.39, 0.29) is 15.9 Å². The molecule has 1 aliphatic rings. The van der Waals surface area contributed by atoms with Gasteiger partial charge < -0.3 is 5.11 Å². The zero-order valence-electron chi connectivity index (χ0n) is 22.5. The molecule has 0 atom stereocenters. The molecule has 0 fully saturated rings. The van der Waals surface area contributed by atoms with E-state index >= 15 is 0 Å². The standard InChI is InChI=1S/C20H14.C17H11NOS.Be/c1-14-10-15-6-2-5-9-18(15)13-20(14)19-11-16-7-3-4-8-17(16)12-19;19-15-10-12-6-2-1-5-11(12)9-13(15)17-18-14-7-3-4-8-16(14)20-17;/h2-10,13H,1,11H2;1-10,19H;/q-2;;+2. The summed E-state index contributed by atoms with van der Waals surface area (Å²) >= 11 is 1.62. The van der Waals surface area contributed by atoms with Gasteiger partial charge in [0.05, 0.1) is 5.56 Å². The van der Waals surface area contributed by atoms with Crippen LogP contribution in [0.5, 0.6) is 5.75 Å². The summed E-state index contributed by atoms with van der Waals surface area (Å²) in [6.07, 6.45) is 4.49. The molecule has 0 radical (unpaired) electrons. The third kappa shape index (κ3) is 5.14. The summed E-state index contributed by atoms with van der Waals surface area (Å²) in [5.41, 5.74) is 7.94. The van der Waals surface area contributed by atoms with Crippen molar-refractivity contribution >= 4 is 58.8 Å². The van der Waals surface area contributed by atoms with E-state index in [2.05, 4.69) is 84.7 Å². The molecule has 2 nitrogen and oxygen atoms in total. The third-order valence-electron chi connectivity index (χ3n) is 7.41. The van der Waals surface area contributed by atoms with E-state index in [0.717, 1.165) is 43.5 Å². The minimum absolute atomic E-state index is 0. The Bertz CT molecular complexity index is 2040. The molecule has 4 heteroatoms. The van der Waals surface area contributed by atoms with Crippen LogP contribution in [0.1, 0.15) is 22.3 Å². The van der Waals surface area contributed by atoms with Crippen LogP contribution in [0.3, 0.4) is 0 Å². The Morgan fingerprint density at radius 1 is 0.683 bits per heavy atom. The van der Waals surface area contributed by atoms with Crippen molar-refractivity contribution in [3.63, 3.8) is 0 Å². The summed E-state index contributed by atoms with van der Waals surface area (Å²) < 4.78 is 1.16. The molecule has 1 aromatic heterocycles. The maximum absolute atomic E-state index is 12.3. The number of thiazole rings is 1. The summed E-state index contributed by atoms with van der Waals surface area (Å²) in [6, 6.07) is 41.0. The molecule has 41 heavy (non-hydrogen) atoms. The van der Waals surface area contributed by atoms with E-state index < -0.39 is 0 Å². The second-order valence-electron chi connectivity index (χ2n) is 10.0. The zero-order chi connectivity index (χ0) is 27.1. The maximum atomic E-state index is 12.3. The fourth-order valence-electron chi connectivity index (χ4n) is 5.36. The Kier molecular flexibility index (Phi) is 7.15. The minimum atomic E-state index is 0. The second-order valence-corrected chi connectivity index (χ2v) is 11.1. The minimum Gasteiger partial charge on any atom is -0.872 e. The van der Waals surface area contributed by atoms with Crippen molar-refractivity contribution in [2.24, 2.45) is 0 Å². The van der Waals surface area contributed by atoms with Crippen molar-refractivity contribution in [1.82, 2.24) is 0 Å². The average molecular weight is 541 g/mol. The molecule has 1 heterocycles. The van der Waals surface area contributed by atoms with Crippen LogP contribution in [0.4, 0.5) is 0 Å². The Morgan fingerprint density at radius 3 is 1.98 bits per heavy atom. The zero-order valence-corrected chi connectivity index (χ0v) is 23.3. The molecular weight excluding hydrogens is 515 g/mol. The van der Waals surface area contributed by atoms with Gasteiger partial charge in [-0.2, -0.15) is 23.5 Å². The van der Waals surface area contributed by atoms with Gasteiger partial charge in [-0.05, 0) is 28.3 Å². The van der Waals surface area contributed by atoms with Gasteiger partial charge >= 0.3 is 10.1 Å². The monoisotopic (exact) mass is 540 g/mol. The molecule has 7 aromatic rings. The van der Waals surface area contributed by atoms with Gasteiger partial charge in [0.25, 0.3) is 5.01 Å². The number of fused-ring (bicyclic) bond motifs is 4. The normalized spacial score (nSPS) is 12.0. The molecule has 0 amide bonds. The molecule has 0 saturated heterocycles. The number of aromatic amines is 1. The molecule has 0 bridgehead atoms. The summed E-state index contributed by atoms with van der Waals surface area (Å²) in [7, 11) is 0. The molecular formula is C37H25BeNOS. The van der Waals surface area contributed by atoms with Gasteiger partial charge in [0.1, 0.15) is 4.70 Å². The van der Waals surface area contributed by atoms with Gasteiger partial charge in [-0.15, -0.1) is 46.5 Å². The van der Waals surface area contributed by atoms with E-state index in [1.165, 1.54) is 33.0 Å². The number of allylic oxidation sites excluding steroid dienone is 1. The van der Waals surface area contributed by atoms with Crippen LogP contribution < -0.4 is 10.1 Å². The number of H-pyrrole nitrogens is 1. The number of benzene rings is 6. The topological polar surface area (TPSA) is 37.2 Å². The van der Waals surface area contributed by atoms with Crippen molar-refractivity contribution in [3.05, 3.63) is 157 Å². The van der Waals surface area contributed by atoms with Crippen LogP contribution in [-0.2, 0) is 6.42 Å². The smallest absolute Gasteiger partial charge is 0.872 e. The number of para-hydroxylation sites is 1. The van der Waals surface area contributed by atoms with E-state index in [4.69, 9.17) is 0 Å². The Balaban J connectivity index is 0.000000144. The number of hydrogen-bond acceptors (Lipinski definition) is 2. The predicted octanol–water partition coefficient (Wildman–Crippen LogP) is 8.04. The summed E-state index contributed by atoms with van der Waals surface area (Å²) in [5, 5.41) is 17.8. The van der Waals surface area contributed by atoms with Crippen LogP contribution in [0.15, 0.2) is 121 Å². The van der Waals surface area contributed by atoms with Gasteiger partial charge in [-0.1, -0.05) is 108 Å². The van der Waals surface area contributed by atoms with Crippen LogP contribution in [0.25, 0.3) is 47.9 Å². The van der Waals surface area contributed by atoms with E-state index in [1.54, 1.807) is 17.4 Å². The quantitative estimate of drug-likeness (QED) is 0.161. The average Bonchev–Trinajstić information content (AvgIpc) is 3.61. The first kappa shape index (κ1) is 26.5. The number of rotatable bonds is 2. The number of nitrogens with one attached hydrogen (secondary N) is 1. The van der Waals surface area contributed by atoms with Crippen LogP contribution in [0, 0.1) is 13.0 Å². The Hall–Kier alpha value is -4.69. The molecule has 0 saturated carbocycles. The largest absolute Gasteiger partial charge is 2.00 e. The molecule has 192 valence electrons. The van der Waals surface area contributed by atoms with Crippen LogP contribution in [0.2, 0.25) is 0 Å². The van der Waals surface area contributed by atoms with Crippen molar-refractivity contribution < 1.29 is 10.1 Å². The first-order valence-electron chi connectivity index (χ1n) is 13.3. The summed E-state index contributed by atoms with van der Waals surface area (Å²) in [6.45, 7) is 4.22. The van der Waals surface area contributed by atoms with Gasteiger partial charge in [-0.25, -0.2) is 0 Å². The van der Waals surface area contributed by atoms with Gasteiger partial charge in [0.2, 0.25) is 5.52 Å². The third-order valence-corrected chi connectivity index (χ3v) is 8.51. The van der Waals surface area contributed by atoms with Crippen molar-refractivity contribution in [2.45, 2.75) is 6.42 Å². The van der Waals surface area contributed by atoms with Crippen LogP contribution >= 0.6 is 11.3 Å². The van der Waals surface area contributed by atoms with Gasteiger partial charge in [0, 0.05) is 6.07 Å². The van der Waals surface area contributed by atoms with Crippen molar-refractivity contribution in [1.29, 1.82) is 0 Å². The van der Waals surface area contributed by atoms with Crippen molar-refractivity contribution in [3.8, 4) is 16.3 Å². The summed E-state index contributed by atoms with van der Waals surface area (Å²) in [5.74, 6) is 0.0616. The van der Waals surface area contributed by atoms with Gasteiger partial charge in [0.15, 0.2) is 0 Å². The number of hydrogen-bond donors (Lipinski definition) is 0. The van der Waals surface area contributed by atoms with Gasteiger partial charge in [-0.3, -0.25) is 0 Å². The first-order chi connectivity index (χ1) is 19.6. The molecule has 0 spiro atoms. The maximum Gasteiger partial charge on any atom is 2.00 e. The second kappa shape index (κ2) is 11.1. The molecule has 0 unspecified atom stereocenters. The van der Waals surface area contributed by atoms with E-state index in [9.17, 15) is 5.11 Å². The first-order valence-corrected chi connectivity index (χ1v) is 14.1. The fourth-order valence-corrected chi connectivity index (χ4v) is 6.39. The number of aromatic nitrogens is 1. The SMILES string of the molecule is [Be+2].[CH2-]c1cc2ccccc2cc1C1=[C-]c2ccccc2C1.[O-]c1cc2ccccc2cc1-c1[nH+]c2ccccc2s1. The molecule has 1 N–H and O–H groups in total. The Labute approximate surface area is 247 Å². The molecule has 8 rings (SSSR count). The van der Waals surface area contributed by atoms with Crippen molar-refractivity contribution in [2.75, 3.05) is 0 Å². The van der Waals surface area contributed by atoms with E-state index in [1.807, 2.05) is 48.5 Å². The van der Waals surface area contributed by atoms with E-state index in [0.29, 0.717) is 0 Å². The molecule has 1 aliphatic carbocycles. The fraction of sp³-hybridized carbons (Fsp3) is 0.0270. The van der Waals surface area contributed by atoms with Crippen LogP contribution in [-0.4, -0.2) is 10.1 Å². The predicted molar refractivity (Wildman–Crippen MR) is 171 cm³/mol. The molecule has 6 aromatic carbocycles. The Morgan fingerprint density at radius 2 is 1.27 bits per heavy atom.